The van der Waals surface area contributed by atoms with Crippen LogP contribution in [0.1, 0.15) is 42.2 Å². The number of hydrogen-bond acceptors (Lipinski definition) is 4. The summed E-state index contributed by atoms with van der Waals surface area (Å²) in [7, 11) is 0. The zero-order chi connectivity index (χ0) is 21.1. The van der Waals surface area contributed by atoms with Gasteiger partial charge in [-0.15, -0.1) is 0 Å². The van der Waals surface area contributed by atoms with Crippen molar-refractivity contribution >= 4 is 23.4 Å². The first-order valence-electron chi connectivity index (χ1n) is 9.38. The fourth-order valence-corrected chi connectivity index (χ4v) is 3.38. The van der Waals surface area contributed by atoms with Gasteiger partial charge in [-0.1, -0.05) is 36.4 Å². The molecule has 1 aliphatic rings. The number of anilines is 1. The molecule has 1 heterocycles. The van der Waals surface area contributed by atoms with E-state index in [2.05, 4.69) is 11.4 Å². The molecule has 146 valence electrons. The number of fused-ring (bicyclic) bond motifs is 1. The zero-order valence-corrected chi connectivity index (χ0v) is 16.0. The van der Waals surface area contributed by atoms with Crippen molar-refractivity contribution < 1.29 is 14.4 Å². The number of nitriles is 1. The van der Waals surface area contributed by atoms with Crippen LogP contribution in [0, 0.1) is 11.3 Å². The second-order valence-electron chi connectivity index (χ2n) is 6.93. The molecular weight excluding hydrogens is 378 g/mol. The van der Waals surface area contributed by atoms with Crippen LogP contribution in [0.4, 0.5) is 5.69 Å². The Morgan fingerprint density at radius 2 is 1.53 bits per heavy atom. The van der Waals surface area contributed by atoms with Crippen LogP contribution in [-0.2, 0) is 13.0 Å². The quantitative estimate of drug-likeness (QED) is 0.666. The molecule has 3 aromatic rings. The van der Waals surface area contributed by atoms with E-state index in [4.69, 9.17) is 5.26 Å². The zero-order valence-electron chi connectivity index (χ0n) is 16.0. The summed E-state index contributed by atoms with van der Waals surface area (Å²) in [5, 5.41) is 11.5. The Labute approximate surface area is 173 Å². The monoisotopic (exact) mass is 395 g/mol. The highest BCUT2D eigenvalue weighted by atomic mass is 16.2. The fourth-order valence-electron chi connectivity index (χ4n) is 3.38. The number of imide groups is 1. The predicted octanol–water partition coefficient (Wildman–Crippen LogP) is 3.80. The first kappa shape index (κ1) is 19.1. The number of nitrogens with zero attached hydrogens (tertiary/aromatic N) is 2. The Kier molecular flexibility index (Phi) is 5.10. The van der Waals surface area contributed by atoms with Crippen LogP contribution in [0.5, 0.6) is 0 Å². The number of benzene rings is 3. The SMILES string of the molecule is N#CCc1ccc(NC(=O)c2cccc(CN3C(=O)c4ccccc4C3=O)c2)cc1. The lowest BCUT2D eigenvalue weighted by Crippen LogP contribution is -2.29. The summed E-state index contributed by atoms with van der Waals surface area (Å²) in [5.74, 6) is -0.960. The van der Waals surface area contributed by atoms with E-state index < -0.39 is 0 Å². The standard InChI is InChI=1S/C24H17N3O3/c25-13-12-16-8-10-19(11-9-16)26-22(28)18-5-3-4-17(14-18)15-27-23(29)20-6-1-2-7-21(20)24(27)30/h1-11,14H,12,15H2,(H,26,28). The Morgan fingerprint density at radius 3 is 2.17 bits per heavy atom. The van der Waals surface area contributed by atoms with Gasteiger partial charge in [-0.2, -0.15) is 5.26 Å². The summed E-state index contributed by atoms with van der Waals surface area (Å²) in [4.78, 5) is 38.9. The van der Waals surface area contributed by atoms with Crippen LogP contribution >= 0.6 is 0 Å². The van der Waals surface area contributed by atoms with Gasteiger partial charge in [0.1, 0.15) is 0 Å². The van der Waals surface area contributed by atoms with Crippen molar-refractivity contribution in [2.45, 2.75) is 13.0 Å². The molecule has 3 aromatic carbocycles. The summed E-state index contributed by atoms with van der Waals surface area (Å²) in [6, 6.07) is 22.7. The van der Waals surface area contributed by atoms with E-state index in [1.165, 1.54) is 4.90 Å². The molecule has 1 aliphatic heterocycles. The van der Waals surface area contributed by atoms with E-state index >= 15 is 0 Å². The second-order valence-corrected chi connectivity index (χ2v) is 6.93. The van der Waals surface area contributed by atoms with Gasteiger partial charge in [0.15, 0.2) is 0 Å². The highest BCUT2D eigenvalue weighted by molar-refractivity contribution is 6.21. The minimum absolute atomic E-state index is 0.0936. The Morgan fingerprint density at radius 1 is 0.867 bits per heavy atom. The van der Waals surface area contributed by atoms with E-state index in [0.717, 1.165) is 5.56 Å². The molecule has 3 amide bonds. The second kappa shape index (κ2) is 8.02. The first-order chi connectivity index (χ1) is 14.6. The van der Waals surface area contributed by atoms with Gasteiger partial charge in [0.05, 0.1) is 30.2 Å². The number of rotatable bonds is 5. The maximum Gasteiger partial charge on any atom is 0.261 e. The number of nitrogens with one attached hydrogen (secondary N) is 1. The van der Waals surface area contributed by atoms with E-state index in [-0.39, 0.29) is 24.3 Å². The van der Waals surface area contributed by atoms with Gasteiger partial charge in [-0.3, -0.25) is 19.3 Å². The smallest absolute Gasteiger partial charge is 0.261 e. The largest absolute Gasteiger partial charge is 0.322 e. The summed E-state index contributed by atoms with van der Waals surface area (Å²) < 4.78 is 0. The Bertz CT molecular complexity index is 1160. The first-order valence-corrected chi connectivity index (χ1v) is 9.38. The molecule has 6 nitrogen and oxygen atoms in total. The fraction of sp³-hybridized carbons (Fsp3) is 0.0833. The number of amides is 3. The third kappa shape index (κ3) is 3.69. The number of hydrogen-bond donors (Lipinski definition) is 1. The molecule has 0 fully saturated rings. The normalized spacial score (nSPS) is 12.4. The van der Waals surface area contributed by atoms with E-state index in [1.54, 1.807) is 72.8 Å². The molecule has 1 N–H and O–H groups in total. The van der Waals surface area contributed by atoms with Crippen LogP contribution in [0.2, 0.25) is 0 Å². The van der Waals surface area contributed by atoms with Crippen molar-refractivity contribution in [3.8, 4) is 6.07 Å². The molecule has 0 atom stereocenters. The summed E-state index contributed by atoms with van der Waals surface area (Å²) >= 11 is 0. The number of carbonyl (C=O) groups excluding carboxylic acids is 3. The molecule has 0 bridgehead atoms. The van der Waals surface area contributed by atoms with Crippen LogP contribution in [-0.4, -0.2) is 22.6 Å². The molecule has 0 aliphatic carbocycles. The average molecular weight is 395 g/mol. The van der Waals surface area contributed by atoms with Gasteiger partial charge in [0, 0.05) is 11.3 Å². The lowest BCUT2D eigenvalue weighted by molar-refractivity contribution is 0.0642. The van der Waals surface area contributed by atoms with Gasteiger partial charge >= 0.3 is 0 Å². The molecule has 0 aromatic heterocycles. The molecule has 4 rings (SSSR count). The lowest BCUT2D eigenvalue weighted by atomic mass is 10.1. The van der Waals surface area contributed by atoms with Crippen LogP contribution < -0.4 is 5.32 Å². The van der Waals surface area contributed by atoms with E-state index in [0.29, 0.717) is 34.4 Å². The van der Waals surface area contributed by atoms with Crippen LogP contribution in [0.15, 0.2) is 72.8 Å². The van der Waals surface area contributed by atoms with Gasteiger partial charge in [-0.05, 0) is 47.5 Å². The maximum atomic E-state index is 12.6. The van der Waals surface area contributed by atoms with Crippen LogP contribution in [0.3, 0.4) is 0 Å². The highest BCUT2D eigenvalue weighted by Gasteiger charge is 2.34. The van der Waals surface area contributed by atoms with Gasteiger partial charge in [0.25, 0.3) is 17.7 Å². The predicted molar refractivity (Wildman–Crippen MR) is 111 cm³/mol. The summed E-state index contributed by atoms with van der Waals surface area (Å²) in [6.45, 7) is 0.0936. The van der Waals surface area contributed by atoms with Crippen molar-refractivity contribution in [1.82, 2.24) is 4.90 Å². The van der Waals surface area contributed by atoms with Crippen molar-refractivity contribution in [2.75, 3.05) is 5.32 Å². The minimum Gasteiger partial charge on any atom is -0.322 e. The molecule has 30 heavy (non-hydrogen) atoms. The van der Waals surface area contributed by atoms with Crippen molar-refractivity contribution in [2.24, 2.45) is 0 Å². The van der Waals surface area contributed by atoms with Crippen molar-refractivity contribution in [3.63, 3.8) is 0 Å². The molecule has 0 saturated heterocycles. The van der Waals surface area contributed by atoms with Crippen molar-refractivity contribution in [3.05, 3.63) is 101 Å². The number of carbonyl (C=O) groups is 3. The molecule has 6 heteroatoms. The summed E-state index contributed by atoms with van der Waals surface area (Å²) in [5.41, 5.74) is 3.39. The van der Waals surface area contributed by atoms with E-state index in [9.17, 15) is 14.4 Å². The molecule has 0 unspecified atom stereocenters. The topological polar surface area (TPSA) is 90.3 Å². The average Bonchev–Trinajstić information content (AvgIpc) is 3.01. The van der Waals surface area contributed by atoms with Gasteiger partial charge in [-0.25, -0.2) is 0 Å². The minimum atomic E-state index is -0.331. The van der Waals surface area contributed by atoms with Crippen molar-refractivity contribution in [1.29, 1.82) is 5.26 Å². The molecular formula is C24H17N3O3. The lowest BCUT2D eigenvalue weighted by Gasteiger charge is -2.14. The molecule has 0 spiro atoms. The third-order valence-electron chi connectivity index (χ3n) is 4.90. The highest BCUT2D eigenvalue weighted by Crippen LogP contribution is 2.24. The third-order valence-corrected chi connectivity index (χ3v) is 4.90. The Hall–Kier alpha value is -4.24. The van der Waals surface area contributed by atoms with Gasteiger partial charge in [0.2, 0.25) is 0 Å². The van der Waals surface area contributed by atoms with E-state index in [1.807, 2.05) is 0 Å². The Balaban J connectivity index is 1.48. The summed E-state index contributed by atoms with van der Waals surface area (Å²) in [6.07, 6.45) is 0.314. The molecule has 0 saturated carbocycles. The van der Waals surface area contributed by atoms with Gasteiger partial charge < -0.3 is 5.32 Å². The van der Waals surface area contributed by atoms with Crippen LogP contribution in [0.25, 0.3) is 0 Å². The maximum absolute atomic E-state index is 12.6. The molecule has 0 radical (unpaired) electrons.